The van der Waals surface area contributed by atoms with Gasteiger partial charge in [0.2, 0.25) is 0 Å². The standard InChI is InChI=1S/C16H19N3O3/c1-19-9-8-17-15(19)11-22-13-6-4-12(5-7-13)18-16(20)14-3-2-10-21-14/h4-9,14H,2-3,10-11H2,1H3,(H,18,20)/t14-/m1/s1. The first-order valence-electron chi connectivity index (χ1n) is 7.34. The van der Waals surface area contributed by atoms with Crippen LogP contribution in [0, 0.1) is 0 Å². The van der Waals surface area contributed by atoms with E-state index in [2.05, 4.69) is 10.3 Å². The second-order valence-corrected chi connectivity index (χ2v) is 5.26. The van der Waals surface area contributed by atoms with Gasteiger partial charge in [0.25, 0.3) is 5.91 Å². The van der Waals surface area contributed by atoms with Gasteiger partial charge < -0.3 is 19.4 Å². The van der Waals surface area contributed by atoms with E-state index in [1.807, 2.05) is 42.1 Å². The molecule has 2 heterocycles. The van der Waals surface area contributed by atoms with Crippen LogP contribution in [0.3, 0.4) is 0 Å². The molecule has 1 aromatic carbocycles. The molecule has 1 fully saturated rings. The van der Waals surface area contributed by atoms with Gasteiger partial charge in [0.15, 0.2) is 0 Å². The normalized spacial score (nSPS) is 17.4. The molecule has 1 aliphatic heterocycles. The van der Waals surface area contributed by atoms with E-state index in [0.29, 0.717) is 13.2 Å². The topological polar surface area (TPSA) is 65.4 Å². The Hall–Kier alpha value is -2.34. The molecule has 3 rings (SSSR count). The van der Waals surface area contributed by atoms with E-state index in [1.54, 1.807) is 6.20 Å². The Morgan fingerprint density at radius 1 is 1.45 bits per heavy atom. The lowest BCUT2D eigenvalue weighted by atomic mass is 10.2. The van der Waals surface area contributed by atoms with E-state index in [1.165, 1.54) is 0 Å². The maximum absolute atomic E-state index is 11.9. The molecule has 6 nitrogen and oxygen atoms in total. The summed E-state index contributed by atoms with van der Waals surface area (Å²) in [6.45, 7) is 1.07. The number of aromatic nitrogens is 2. The van der Waals surface area contributed by atoms with Gasteiger partial charge in [-0.2, -0.15) is 0 Å². The number of nitrogens with zero attached hydrogens (tertiary/aromatic N) is 2. The minimum atomic E-state index is -0.320. The molecule has 2 aromatic rings. The fourth-order valence-corrected chi connectivity index (χ4v) is 2.33. The molecule has 6 heteroatoms. The van der Waals surface area contributed by atoms with Gasteiger partial charge in [0.05, 0.1) is 0 Å². The van der Waals surface area contributed by atoms with E-state index < -0.39 is 0 Å². The number of aryl methyl sites for hydroxylation is 1. The first kappa shape index (κ1) is 14.6. The molecule has 116 valence electrons. The molecular weight excluding hydrogens is 282 g/mol. The number of carbonyl (C=O) groups is 1. The molecule has 22 heavy (non-hydrogen) atoms. The highest BCUT2D eigenvalue weighted by Crippen LogP contribution is 2.19. The summed E-state index contributed by atoms with van der Waals surface area (Å²) in [5.41, 5.74) is 0.741. The van der Waals surface area contributed by atoms with Crippen molar-refractivity contribution in [2.45, 2.75) is 25.6 Å². The summed E-state index contributed by atoms with van der Waals surface area (Å²) in [6, 6.07) is 7.29. The van der Waals surface area contributed by atoms with Gasteiger partial charge in [-0.05, 0) is 37.1 Å². The van der Waals surface area contributed by atoms with Crippen LogP contribution in [-0.4, -0.2) is 28.2 Å². The number of rotatable bonds is 5. The van der Waals surface area contributed by atoms with Crippen LogP contribution in [0.25, 0.3) is 0 Å². The number of amides is 1. The van der Waals surface area contributed by atoms with E-state index in [-0.39, 0.29) is 12.0 Å². The van der Waals surface area contributed by atoms with Crippen LogP contribution in [0.15, 0.2) is 36.7 Å². The van der Waals surface area contributed by atoms with E-state index in [4.69, 9.17) is 9.47 Å². The van der Waals surface area contributed by atoms with Gasteiger partial charge in [-0.15, -0.1) is 0 Å². The van der Waals surface area contributed by atoms with Gasteiger partial charge in [0, 0.05) is 31.7 Å². The highest BCUT2D eigenvalue weighted by molar-refractivity contribution is 5.94. The summed E-state index contributed by atoms with van der Waals surface area (Å²) in [7, 11) is 1.93. The quantitative estimate of drug-likeness (QED) is 0.918. The Balaban J connectivity index is 1.53. The third-order valence-corrected chi connectivity index (χ3v) is 3.63. The first-order valence-corrected chi connectivity index (χ1v) is 7.34. The summed E-state index contributed by atoms with van der Waals surface area (Å²) in [5, 5.41) is 2.85. The second-order valence-electron chi connectivity index (χ2n) is 5.26. The number of hydrogen-bond donors (Lipinski definition) is 1. The van der Waals surface area contributed by atoms with Crippen LogP contribution in [0.2, 0.25) is 0 Å². The third-order valence-electron chi connectivity index (χ3n) is 3.63. The molecule has 0 unspecified atom stereocenters. The van der Waals surface area contributed by atoms with Crippen molar-refractivity contribution in [2.75, 3.05) is 11.9 Å². The molecular formula is C16H19N3O3. The van der Waals surface area contributed by atoms with Gasteiger partial charge in [0.1, 0.15) is 24.3 Å². The molecule has 0 spiro atoms. The van der Waals surface area contributed by atoms with Crippen molar-refractivity contribution in [3.63, 3.8) is 0 Å². The molecule has 1 saturated heterocycles. The highest BCUT2D eigenvalue weighted by atomic mass is 16.5. The molecule has 0 aliphatic carbocycles. The highest BCUT2D eigenvalue weighted by Gasteiger charge is 2.23. The molecule has 0 bridgehead atoms. The molecule has 0 radical (unpaired) electrons. The molecule has 1 aliphatic rings. The Kier molecular flexibility index (Phi) is 4.39. The molecule has 1 atom stereocenters. The SMILES string of the molecule is Cn1ccnc1COc1ccc(NC(=O)[C@H]2CCCO2)cc1. The predicted molar refractivity (Wildman–Crippen MR) is 81.6 cm³/mol. The van der Waals surface area contributed by atoms with Gasteiger partial charge in [-0.25, -0.2) is 4.98 Å². The van der Waals surface area contributed by atoms with Crippen LogP contribution in [0.4, 0.5) is 5.69 Å². The van der Waals surface area contributed by atoms with Gasteiger partial charge >= 0.3 is 0 Å². The van der Waals surface area contributed by atoms with Crippen LogP contribution >= 0.6 is 0 Å². The number of hydrogen-bond acceptors (Lipinski definition) is 4. The smallest absolute Gasteiger partial charge is 0.253 e. The number of nitrogens with one attached hydrogen (secondary N) is 1. The minimum Gasteiger partial charge on any atom is -0.486 e. The van der Waals surface area contributed by atoms with Crippen molar-refractivity contribution in [1.29, 1.82) is 0 Å². The summed E-state index contributed by atoms with van der Waals surface area (Å²) >= 11 is 0. The summed E-state index contributed by atoms with van der Waals surface area (Å²) in [4.78, 5) is 16.1. The molecule has 1 amide bonds. The maximum atomic E-state index is 11.9. The lowest BCUT2D eigenvalue weighted by molar-refractivity contribution is -0.124. The van der Waals surface area contributed by atoms with Crippen LogP contribution in [0.5, 0.6) is 5.75 Å². The molecule has 0 saturated carbocycles. The molecule has 1 aromatic heterocycles. The van der Waals surface area contributed by atoms with Crippen molar-refractivity contribution >= 4 is 11.6 Å². The lowest BCUT2D eigenvalue weighted by Crippen LogP contribution is -2.26. The van der Waals surface area contributed by atoms with Crippen LogP contribution in [-0.2, 0) is 23.2 Å². The minimum absolute atomic E-state index is 0.0841. The fraction of sp³-hybridized carbons (Fsp3) is 0.375. The predicted octanol–water partition coefficient (Wildman–Crippen LogP) is 2.12. The number of ether oxygens (including phenoxy) is 2. The Morgan fingerprint density at radius 3 is 2.91 bits per heavy atom. The monoisotopic (exact) mass is 301 g/mol. The lowest BCUT2D eigenvalue weighted by Gasteiger charge is -2.11. The van der Waals surface area contributed by atoms with Crippen LogP contribution in [0.1, 0.15) is 18.7 Å². The molecule has 1 N–H and O–H groups in total. The van der Waals surface area contributed by atoms with Crippen molar-refractivity contribution in [3.8, 4) is 5.75 Å². The van der Waals surface area contributed by atoms with Crippen molar-refractivity contribution < 1.29 is 14.3 Å². The number of carbonyl (C=O) groups excluding carboxylic acids is 1. The summed E-state index contributed by atoms with van der Waals surface area (Å²) < 4.78 is 12.9. The summed E-state index contributed by atoms with van der Waals surface area (Å²) in [6.07, 6.45) is 5.03. The maximum Gasteiger partial charge on any atom is 0.253 e. The van der Waals surface area contributed by atoms with E-state index in [9.17, 15) is 4.79 Å². The Bertz CT molecular complexity index is 630. The zero-order chi connectivity index (χ0) is 15.4. The fourth-order valence-electron chi connectivity index (χ4n) is 2.33. The van der Waals surface area contributed by atoms with Gasteiger partial charge in [-0.1, -0.05) is 0 Å². The van der Waals surface area contributed by atoms with E-state index >= 15 is 0 Å². The number of imidazole rings is 1. The zero-order valence-electron chi connectivity index (χ0n) is 12.5. The second kappa shape index (κ2) is 6.62. The average Bonchev–Trinajstić information content (AvgIpc) is 3.18. The van der Waals surface area contributed by atoms with Crippen LogP contribution < -0.4 is 10.1 Å². The largest absolute Gasteiger partial charge is 0.486 e. The Labute approximate surface area is 129 Å². The Morgan fingerprint density at radius 2 is 2.27 bits per heavy atom. The zero-order valence-corrected chi connectivity index (χ0v) is 12.5. The first-order chi connectivity index (χ1) is 10.7. The van der Waals surface area contributed by atoms with E-state index in [0.717, 1.165) is 30.1 Å². The van der Waals surface area contributed by atoms with Crippen molar-refractivity contribution in [2.24, 2.45) is 7.05 Å². The van der Waals surface area contributed by atoms with Crippen molar-refractivity contribution in [1.82, 2.24) is 9.55 Å². The number of benzene rings is 1. The van der Waals surface area contributed by atoms with Gasteiger partial charge in [-0.3, -0.25) is 4.79 Å². The summed E-state index contributed by atoms with van der Waals surface area (Å²) in [5.74, 6) is 1.51. The third kappa shape index (κ3) is 3.46. The average molecular weight is 301 g/mol. The number of anilines is 1. The van der Waals surface area contributed by atoms with Crippen molar-refractivity contribution in [3.05, 3.63) is 42.5 Å².